The Morgan fingerprint density at radius 3 is 2.11 bits per heavy atom. The third-order valence-corrected chi connectivity index (χ3v) is 5.42. The Morgan fingerprint density at radius 1 is 1.00 bits per heavy atom. The van der Waals surface area contributed by atoms with Gasteiger partial charge in [0, 0.05) is 0 Å². The van der Waals surface area contributed by atoms with Gasteiger partial charge in [-0.25, -0.2) is 17.7 Å². The van der Waals surface area contributed by atoms with Gasteiger partial charge < -0.3 is 24.8 Å². The van der Waals surface area contributed by atoms with Gasteiger partial charge >= 0.3 is 70.3 Å². The molecule has 2 aliphatic carbocycles. The Labute approximate surface area is 192 Å². The van der Waals surface area contributed by atoms with Gasteiger partial charge in [-0.15, -0.1) is 13.3 Å². The van der Waals surface area contributed by atoms with Gasteiger partial charge in [0.15, 0.2) is 0 Å². The Balaban J connectivity index is 0.000000365. The number of rotatable bonds is 1. The molecule has 0 nitrogen and oxygen atoms in total. The van der Waals surface area contributed by atoms with Crippen LogP contribution in [0, 0.1) is 6.08 Å². The molecule has 2 aliphatic rings. The summed E-state index contributed by atoms with van der Waals surface area (Å²) in [6.45, 7) is 6.43. The Bertz CT molecular complexity index is 718. The topological polar surface area (TPSA) is 0 Å². The summed E-state index contributed by atoms with van der Waals surface area (Å²) in [6, 6.07) is 17.2. The fourth-order valence-electron chi connectivity index (χ4n) is 2.92. The first-order valence-corrected chi connectivity index (χ1v) is 10.4. The van der Waals surface area contributed by atoms with Crippen molar-refractivity contribution in [3.63, 3.8) is 0 Å². The first-order chi connectivity index (χ1) is 12.1. The molecular weight excluding hydrogens is 450 g/mol. The molecule has 2 aromatic carbocycles. The molecule has 0 spiro atoms. The standard InChI is InChI=1S/C9H11.C8H8.C7H9.2ClH.Zr/c1-2-5-9-7-3-6-8(9)4-1;1-2-8-6-4-3-5-7-8;1-6-4-3-5-7(6)2;;;/h3,6-7H,1-2,4-5H2;3-7H,1H3;4H,5H2,1-2H3;2*1H;/q-1;;-1;;;+2/p-2. The van der Waals surface area contributed by atoms with Gasteiger partial charge in [0.2, 0.25) is 0 Å². The van der Waals surface area contributed by atoms with Crippen LogP contribution in [0.3, 0.4) is 0 Å². The molecule has 0 aliphatic heterocycles. The van der Waals surface area contributed by atoms with Crippen molar-refractivity contribution in [3.8, 4) is 0 Å². The second-order valence-corrected chi connectivity index (χ2v) is 8.61. The molecule has 0 bridgehead atoms. The van der Waals surface area contributed by atoms with Crippen molar-refractivity contribution in [1.29, 1.82) is 0 Å². The van der Waals surface area contributed by atoms with Crippen LogP contribution in [0.2, 0.25) is 0 Å². The summed E-state index contributed by atoms with van der Waals surface area (Å²) in [6.07, 6.45) is 11.7. The number of benzene rings is 1. The Kier molecular flexibility index (Phi) is 14.1. The van der Waals surface area contributed by atoms with Crippen LogP contribution in [-0.2, 0) is 37.1 Å². The third-order valence-electron chi connectivity index (χ3n) is 4.72. The molecule has 0 atom stereocenters. The van der Waals surface area contributed by atoms with E-state index in [1.54, 1.807) is 11.1 Å². The number of halogens is 2. The molecule has 0 radical (unpaired) electrons. The summed E-state index contributed by atoms with van der Waals surface area (Å²) in [4.78, 5) is 0. The van der Waals surface area contributed by atoms with Crippen LogP contribution >= 0.6 is 0 Å². The molecular formula is C24H28Cl2Zr-2. The second kappa shape index (κ2) is 14.4. The average molecular weight is 479 g/mol. The van der Waals surface area contributed by atoms with E-state index in [1.165, 1.54) is 69.8 Å². The van der Waals surface area contributed by atoms with Crippen LogP contribution in [0.5, 0.6) is 0 Å². The van der Waals surface area contributed by atoms with Gasteiger partial charge in [0.25, 0.3) is 0 Å². The first-order valence-electron chi connectivity index (χ1n) is 9.15. The molecule has 0 aromatic heterocycles. The normalized spacial score (nSPS) is 13.8. The van der Waals surface area contributed by atoms with Crippen LogP contribution in [0.1, 0.15) is 56.7 Å². The van der Waals surface area contributed by atoms with E-state index in [1.807, 2.05) is 6.07 Å². The van der Waals surface area contributed by atoms with E-state index < -0.39 is 0 Å². The van der Waals surface area contributed by atoms with Crippen molar-refractivity contribution in [1.82, 2.24) is 0 Å². The molecule has 0 saturated carbocycles. The minimum atomic E-state index is 0. The van der Waals surface area contributed by atoms with E-state index in [9.17, 15) is 0 Å². The van der Waals surface area contributed by atoms with E-state index in [0.717, 1.165) is 6.42 Å². The van der Waals surface area contributed by atoms with E-state index >= 15 is 0 Å². The molecule has 3 heteroatoms. The van der Waals surface area contributed by atoms with Crippen LogP contribution in [0.4, 0.5) is 0 Å². The molecule has 0 unspecified atom stereocenters. The van der Waals surface area contributed by atoms with E-state index in [0.29, 0.717) is 0 Å². The summed E-state index contributed by atoms with van der Waals surface area (Å²) in [5, 5.41) is 0. The van der Waals surface area contributed by atoms with Crippen molar-refractivity contribution < 1.29 is 49.0 Å². The SMILES string of the molecule is CC1=C(C)C[C-]=C1.C[C](=[Zr+2])c1ccccc1.[Cl-].[Cl-].c1cc2c([cH-]1)CCCC2. The largest absolute Gasteiger partial charge is 1.00 e. The molecule has 144 valence electrons. The monoisotopic (exact) mass is 476 g/mol. The maximum absolute atomic E-state index is 3.12. The van der Waals surface area contributed by atoms with Crippen LogP contribution < -0.4 is 24.8 Å². The molecule has 0 fully saturated rings. The zero-order valence-corrected chi connectivity index (χ0v) is 20.5. The molecule has 0 saturated heterocycles. The van der Waals surface area contributed by atoms with Crippen LogP contribution in [-0.4, -0.2) is 3.21 Å². The van der Waals surface area contributed by atoms with Crippen molar-refractivity contribution in [2.24, 2.45) is 0 Å². The molecule has 27 heavy (non-hydrogen) atoms. The van der Waals surface area contributed by atoms with Gasteiger partial charge in [-0.1, -0.05) is 32.6 Å². The number of hydrogen-bond acceptors (Lipinski definition) is 0. The smallest absolute Gasteiger partial charge is 0.0512 e. The maximum atomic E-state index is 3.12. The fourth-order valence-corrected chi connectivity index (χ4v) is 3.33. The number of aryl methyl sites for hydroxylation is 2. The fraction of sp³-hybridized carbons (Fsp3) is 0.333. The zero-order valence-electron chi connectivity index (χ0n) is 16.5. The molecule has 0 N–H and O–H groups in total. The minimum absolute atomic E-state index is 0. The first kappa shape index (κ1) is 26.4. The zero-order chi connectivity index (χ0) is 18.1. The summed E-state index contributed by atoms with van der Waals surface area (Å²) in [5.74, 6) is 0. The summed E-state index contributed by atoms with van der Waals surface area (Å²) < 4.78 is 1.46. The maximum Gasteiger partial charge on any atom is -0.0512 e. The predicted octanol–water partition coefficient (Wildman–Crippen LogP) is 0.152. The third kappa shape index (κ3) is 9.42. The van der Waals surface area contributed by atoms with Crippen LogP contribution in [0.25, 0.3) is 0 Å². The van der Waals surface area contributed by atoms with E-state index in [2.05, 4.69) is 75.4 Å². The van der Waals surface area contributed by atoms with Crippen molar-refractivity contribution >= 4 is 3.21 Å². The quantitative estimate of drug-likeness (QED) is 0.512. The molecule has 4 rings (SSSR count). The van der Waals surface area contributed by atoms with Gasteiger partial charge in [0.1, 0.15) is 0 Å². The van der Waals surface area contributed by atoms with Crippen LogP contribution in [0.15, 0.2) is 65.8 Å². The van der Waals surface area contributed by atoms with E-state index in [-0.39, 0.29) is 24.8 Å². The summed E-state index contributed by atoms with van der Waals surface area (Å²) in [5.41, 5.74) is 7.42. The average Bonchev–Trinajstić information content (AvgIpc) is 3.26. The minimum Gasteiger partial charge on any atom is -1.00 e. The van der Waals surface area contributed by atoms with Gasteiger partial charge in [-0.3, -0.25) is 6.08 Å². The van der Waals surface area contributed by atoms with Gasteiger partial charge in [-0.05, 0) is 0 Å². The van der Waals surface area contributed by atoms with E-state index in [4.69, 9.17) is 0 Å². The number of allylic oxidation sites excluding steroid dienone is 4. The second-order valence-electron chi connectivity index (χ2n) is 6.76. The van der Waals surface area contributed by atoms with Crippen molar-refractivity contribution in [2.75, 3.05) is 0 Å². The summed E-state index contributed by atoms with van der Waals surface area (Å²) >= 11 is 1.51. The molecule has 0 heterocycles. The number of hydrogen-bond donors (Lipinski definition) is 0. The van der Waals surface area contributed by atoms with Crippen molar-refractivity contribution in [2.45, 2.75) is 52.9 Å². The van der Waals surface area contributed by atoms with Gasteiger partial charge in [0.05, 0.1) is 0 Å². The Hall–Kier alpha value is -0.617. The van der Waals surface area contributed by atoms with Crippen molar-refractivity contribution in [3.05, 3.63) is 88.5 Å². The number of fused-ring (bicyclic) bond motifs is 1. The molecule has 0 amide bonds. The Morgan fingerprint density at radius 2 is 1.67 bits per heavy atom. The van der Waals surface area contributed by atoms with Gasteiger partial charge in [-0.2, -0.15) is 28.8 Å². The summed E-state index contributed by atoms with van der Waals surface area (Å²) in [7, 11) is 0. The predicted molar refractivity (Wildman–Crippen MR) is 106 cm³/mol. The molecule has 2 aromatic rings.